The van der Waals surface area contributed by atoms with Crippen molar-refractivity contribution in [2.75, 3.05) is 34.5 Å². The molecule has 0 aliphatic carbocycles. The average Bonchev–Trinajstić information content (AvgIpc) is 0.790. The van der Waals surface area contributed by atoms with Gasteiger partial charge in [0.1, 0.15) is 6.10 Å². The molecule has 8 aliphatic heterocycles. The lowest BCUT2D eigenvalue weighted by Gasteiger charge is -2.29. The van der Waals surface area contributed by atoms with Crippen LogP contribution in [-0.4, -0.2) is 131 Å². The summed E-state index contributed by atoms with van der Waals surface area (Å²) >= 11 is 24.9. The summed E-state index contributed by atoms with van der Waals surface area (Å²) in [5.74, 6) is 3.11. The third kappa shape index (κ3) is 22.8. The number of ketones is 9. The van der Waals surface area contributed by atoms with Crippen molar-refractivity contribution < 1.29 is 67.7 Å². The first kappa shape index (κ1) is 90.5. The van der Waals surface area contributed by atoms with Crippen LogP contribution in [0.3, 0.4) is 0 Å². The van der Waals surface area contributed by atoms with Crippen molar-refractivity contribution in [3.05, 3.63) is 308 Å². The number of carbonyl (C=O) groups excluding carboxylic acids is 10. The van der Waals surface area contributed by atoms with Crippen LogP contribution in [-0.2, 0) is 14.3 Å². The summed E-state index contributed by atoms with van der Waals surface area (Å²) in [5.41, 5.74) is 7.88. The number of esters is 1. The number of ether oxygens (including phenoxy) is 1. The zero-order valence-corrected chi connectivity index (χ0v) is 74.7. The number of halogens is 2. The quantitative estimate of drug-likeness (QED) is 0.0925. The molecule has 20 rings (SSSR count). The molecule has 4 atom stereocenters. The Morgan fingerprint density at radius 3 is 1.62 bits per heavy atom. The number of benzene rings is 12. The van der Waals surface area contributed by atoms with Gasteiger partial charge in [-0.3, -0.25) is 52.7 Å². The van der Waals surface area contributed by atoms with Gasteiger partial charge in [0.2, 0.25) is 5.78 Å². The van der Waals surface area contributed by atoms with Crippen molar-refractivity contribution >= 4 is 214 Å². The van der Waals surface area contributed by atoms with Crippen molar-refractivity contribution in [3.8, 4) is 0 Å². The summed E-state index contributed by atoms with van der Waals surface area (Å²) in [5, 5.41) is 26.0. The topological polar surface area (TPSA) is 237 Å². The Labute approximate surface area is 751 Å². The Kier molecular flexibility index (Phi) is 31.1. The lowest BCUT2D eigenvalue weighted by molar-refractivity contribution is -0.143. The van der Waals surface area contributed by atoms with E-state index in [1.54, 1.807) is 119 Å². The van der Waals surface area contributed by atoms with Crippen LogP contribution in [0.5, 0.6) is 0 Å². The number of thioether (sulfide) groups is 8. The number of carboxylic acids is 1. The highest BCUT2D eigenvalue weighted by molar-refractivity contribution is 8.01. The number of fused-ring (bicyclic) bond motifs is 13. The standard InChI is InChI=1S/C17H14O2S.3C13H10OS.C11H9ClO3S.C11H11ClOS.C11H10O3S.C9H8O2S/c1-11-7-8-13-15(9-11)20-10-14(17(13)19)16(18)12-5-3-2-4-6-12;14-12-5-6-15-13-8-10-4-2-1-3-9(10)7-11(12)13;14-11-7-8-15-12-6-5-9-3-1-2-4-10(9)13(11)12;14-12-7-8-15-13-10-4-2-1-3-9(10)5-6-11(12)13;12-6-1-2-10-8(3-6)9(13)4-7(16-10)5-11(14)15;1-11(2)6-9(13)8-5-7(12)3-4-10(8)14-11;1-7(12)14-9-6-15-10-5-3-2-4-8(10)11(9)13;10-7-5-12-8-4-2-1-3-6(8)9(7)11/h2-9,14H,10H2,1H3;1-4,7-8H,5-6H2;2*1-6H,7-8H2;1-3,7H,4-5H2,(H,14,15);3-5H,6H2,1-2H3;2-5,9H,6H2,1H3;1-4,7,10H,5H2. The van der Waals surface area contributed by atoms with Gasteiger partial charge in [-0.15, -0.1) is 94.1 Å². The van der Waals surface area contributed by atoms with E-state index in [1.165, 1.54) is 51.5 Å². The van der Waals surface area contributed by atoms with E-state index in [0.717, 1.165) is 95.5 Å². The van der Waals surface area contributed by atoms with Crippen LogP contribution in [0.25, 0.3) is 32.3 Å². The van der Waals surface area contributed by atoms with E-state index < -0.39 is 30.1 Å². The maximum absolute atomic E-state index is 12.5. The number of aliphatic hydroxyl groups excluding tert-OH is 1. The number of carbonyl (C=O) groups is 11. The summed E-state index contributed by atoms with van der Waals surface area (Å²) in [7, 11) is 0. The number of aryl methyl sites for hydroxylation is 1. The largest absolute Gasteiger partial charge is 0.481 e. The lowest BCUT2D eigenvalue weighted by atomic mass is 9.90. The molecule has 24 heteroatoms. The molecular weight excluding hydrogens is 1730 g/mol. The number of aliphatic hydroxyl groups is 1. The molecule has 0 saturated heterocycles. The molecule has 0 saturated carbocycles. The summed E-state index contributed by atoms with van der Waals surface area (Å²) < 4.78 is 4.96. The molecule has 14 nitrogen and oxygen atoms in total. The number of rotatable bonds is 5. The lowest BCUT2D eigenvalue weighted by Crippen LogP contribution is -2.32. The van der Waals surface area contributed by atoms with E-state index in [2.05, 4.69) is 62.4 Å². The van der Waals surface area contributed by atoms with Crippen LogP contribution in [0.1, 0.15) is 158 Å². The highest BCUT2D eigenvalue weighted by Crippen LogP contribution is 2.45. The highest BCUT2D eigenvalue weighted by atomic mass is 35.5. The minimum absolute atomic E-state index is 0.0118. The minimum atomic E-state index is -0.872. The average molecular weight is 1810 g/mol. The number of hydrogen-bond acceptors (Lipinski definition) is 21. The Bertz CT molecular complexity index is 6070. The second-order valence-electron chi connectivity index (χ2n) is 29.7. The maximum Gasteiger partial charge on any atom is 0.304 e. The number of Topliss-reactive ketones (excluding diaryl/α,β-unsaturated/α-hetero) is 9. The van der Waals surface area contributed by atoms with Crippen molar-refractivity contribution in [1.82, 2.24) is 0 Å². The van der Waals surface area contributed by atoms with Gasteiger partial charge in [-0.2, -0.15) is 0 Å². The van der Waals surface area contributed by atoms with E-state index in [-0.39, 0.29) is 69.1 Å². The fraction of sp³-hybridized carbons (Fsp3) is 0.214. The molecule has 8 aliphatic rings. The molecule has 2 N–H and O–H groups in total. The van der Waals surface area contributed by atoms with Crippen molar-refractivity contribution in [1.29, 1.82) is 0 Å². The summed E-state index contributed by atoms with van der Waals surface area (Å²) in [6.07, 6.45) is 1.46. The molecule has 0 radical (unpaired) electrons. The molecule has 12 aromatic rings. The van der Waals surface area contributed by atoms with Crippen molar-refractivity contribution in [2.24, 2.45) is 5.92 Å². The second kappa shape index (κ2) is 41.9. The molecule has 122 heavy (non-hydrogen) atoms. The number of hydrogen-bond donors (Lipinski definition) is 2. The van der Waals surface area contributed by atoms with Gasteiger partial charge in [0, 0.05) is 183 Å². The number of carboxylic acid groups (broad SMARTS) is 1. The van der Waals surface area contributed by atoms with Gasteiger partial charge in [-0.25, -0.2) is 0 Å². The molecule has 620 valence electrons. The van der Waals surface area contributed by atoms with Crippen molar-refractivity contribution in [2.45, 2.75) is 128 Å². The highest BCUT2D eigenvalue weighted by Gasteiger charge is 2.36. The molecule has 12 aromatic carbocycles. The molecule has 0 spiro atoms. The van der Waals surface area contributed by atoms with E-state index in [1.807, 2.05) is 153 Å². The monoisotopic (exact) mass is 1810 g/mol. The number of aliphatic carboxylic acids is 1. The summed E-state index contributed by atoms with van der Waals surface area (Å²) in [6, 6.07) is 77.1. The zero-order valence-electron chi connectivity index (χ0n) is 66.7. The smallest absolute Gasteiger partial charge is 0.304 e. The van der Waals surface area contributed by atoms with Crippen LogP contribution in [0.4, 0.5) is 0 Å². The first-order valence-corrected chi connectivity index (χ1v) is 47.6. The summed E-state index contributed by atoms with van der Waals surface area (Å²) in [4.78, 5) is 137. The zero-order chi connectivity index (χ0) is 86.3. The third-order valence-corrected chi connectivity index (χ3v) is 30.0. The Balaban J connectivity index is 0.000000121. The molecule has 0 fully saturated rings. The molecule has 4 unspecified atom stereocenters. The predicted octanol–water partition coefficient (Wildman–Crippen LogP) is 24.2. The minimum Gasteiger partial charge on any atom is -0.481 e. The SMILES string of the molecule is CC(=O)OC1CSc2ccccc2C1=O.CC1(C)CC(=O)c2cc(Cl)ccc2S1.Cc1ccc2c(c1)SCC(C(=O)c1ccccc1)C2=O.O=C(O)CC1CC(=O)c2cc(Cl)ccc2S1.O=C1CCSc2c1ccc1ccccc21.O=C1CCSc2cc3ccccc3cc21.O=C1CCSc2ccc3ccccc3c21.O=C1c2ccccc2SCC1O. The van der Waals surface area contributed by atoms with E-state index in [4.69, 9.17) is 33.0 Å². The van der Waals surface area contributed by atoms with Crippen LogP contribution in [0.2, 0.25) is 10.0 Å². The van der Waals surface area contributed by atoms with Gasteiger partial charge in [0.25, 0.3) is 0 Å². The third-order valence-electron chi connectivity index (χ3n) is 20.3. The Morgan fingerprint density at radius 2 is 0.943 bits per heavy atom. The van der Waals surface area contributed by atoms with Crippen LogP contribution < -0.4 is 0 Å². The van der Waals surface area contributed by atoms with Gasteiger partial charge in [0.15, 0.2) is 52.4 Å². The van der Waals surface area contributed by atoms with Gasteiger partial charge in [-0.1, -0.05) is 181 Å². The first-order valence-electron chi connectivity index (χ1n) is 39.3. The van der Waals surface area contributed by atoms with Gasteiger partial charge < -0.3 is 14.9 Å². The Morgan fingerprint density at radius 1 is 0.434 bits per heavy atom. The van der Waals surface area contributed by atoms with Crippen LogP contribution in [0, 0.1) is 12.8 Å². The second-order valence-corrected chi connectivity index (χ2v) is 40.2. The van der Waals surface area contributed by atoms with Gasteiger partial charge in [0.05, 0.1) is 12.3 Å². The normalized spacial score (nSPS) is 17.9. The molecular formula is C98H82Cl2O14S8. The van der Waals surface area contributed by atoms with E-state index in [0.29, 0.717) is 86.6 Å². The van der Waals surface area contributed by atoms with E-state index >= 15 is 0 Å². The molecule has 0 aromatic heterocycles. The van der Waals surface area contributed by atoms with Crippen LogP contribution in [0.15, 0.2) is 282 Å². The summed E-state index contributed by atoms with van der Waals surface area (Å²) in [6.45, 7) is 7.51. The first-order chi connectivity index (χ1) is 58.7. The van der Waals surface area contributed by atoms with Gasteiger partial charge >= 0.3 is 11.9 Å². The molecule has 8 heterocycles. The van der Waals surface area contributed by atoms with Crippen LogP contribution >= 0.6 is 117 Å². The molecule has 0 bridgehead atoms. The van der Waals surface area contributed by atoms with Gasteiger partial charge in [-0.05, 0) is 144 Å². The fourth-order valence-electron chi connectivity index (χ4n) is 14.4. The van der Waals surface area contributed by atoms with E-state index in [9.17, 15) is 57.8 Å². The van der Waals surface area contributed by atoms with Crippen molar-refractivity contribution in [3.63, 3.8) is 0 Å². The predicted molar refractivity (Wildman–Crippen MR) is 499 cm³/mol. The molecule has 0 amide bonds. The Hall–Kier alpha value is -9.27. The maximum atomic E-state index is 12.5. The fourth-order valence-corrected chi connectivity index (χ4v) is 23.7.